The monoisotopic (exact) mass is 275 g/mol. The van der Waals surface area contributed by atoms with E-state index in [-0.39, 0.29) is 0 Å². The first-order chi connectivity index (χ1) is 9.49. The molecule has 0 saturated carbocycles. The SMILES string of the molecule is CCO/N=C(/c1ccc(C)c(C)c1)C(C)CC(C)CC. The highest BCUT2D eigenvalue weighted by molar-refractivity contribution is 6.01. The highest BCUT2D eigenvalue weighted by atomic mass is 16.6. The summed E-state index contributed by atoms with van der Waals surface area (Å²) in [6.45, 7) is 13.7. The minimum Gasteiger partial charge on any atom is -0.396 e. The van der Waals surface area contributed by atoms with Gasteiger partial charge in [-0.3, -0.25) is 0 Å². The van der Waals surface area contributed by atoms with Crippen molar-refractivity contribution in [2.45, 2.75) is 54.4 Å². The lowest BCUT2D eigenvalue weighted by Crippen LogP contribution is -2.16. The Kier molecular flexibility index (Phi) is 6.77. The number of hydrogen-bond acceptors (Lipinski definition) is 2. The van der Waals surface area contributed by atoms with Crippen LogP contribution in [0.25, 0.3) is 0 Å². The predicted molar refractivity (Wildman–Crippen MR) is 87.3 cm³/mol. The lowest BCUT2D eigenvalue weighted by molar-refractivity contribution is 0.157. The van der Waals surface area contributed by atoms with E-state index in [1.165, 1.54) is 23.1 Å². The van der Waals surface area contributed by atoms with Gasteiger partial charge in [-0.15, -0.1) is 0 Å². The number of nitrogens with zero attached hydrogens (tertiary/aromatic N) is 1. The largest absolute Gasteiger partial charge is 0.396 e. The van der Waals surface area contributed by atoms with E-state index < -0.39 is 0 Å². The van der Waals surface area contributed by atoms with Crippen molar-refractivity contribution in [2.24, 2.45) is 17.0 Å². The van der Waals surface area contributed by atoms with Crippen LogP contribution in [0.5, 0.6) is 0 Å². The molecule has 2 nitrogen and oxygen atoms in total. The molecular formula is C18H29NO. The van der Waals surface area contributed by atoms with Gasteiger partial charge in [-0.05, 0) is 55.9 Å². The standard InChI is InChI=1S/C18H29NO/c1-7-13(3)11-16(6)18(19-20-8-2)17-10-9-14(4)15(5)12-17/h9-10,12-13,16H,7-8,11H2,1-6H3/b19-18+. The van der Waals surface area contributed by atoms with Crippen molar-refractivity contribution in [3.8, 4) is 0 Å². The molecule has 0 aliphatic carbocycles. The molecule has 2 atom stereocenters. The minimum absolute atomic E-state index is 0.415. The van der Waals surface area contributed by atoms with Gasteiger partial charge in [0.15, 0.2) is 0 Å². The van der Waals surface area contributed by atoms with Gasteiger partial charge >= 0.3 is 0 Å². The predicted octanol–water partition coefficient (Wildman–Crippen LogP) is 5.12. The van der Waals surface area contributed by atoms with E-state index in [1.807, 2.05) is 6.92 Å². The average Bonchev–Trinajstić information content (AvgIpc) is 2.42. The smallest absolute Gasteiger partial charge is 0.114 e. The Morgan fingerprint density at radius 3 is 2.40 bits per heavy atom. The average molecular weight is 275 g/mol. The van der Waals surface area contributed by atoms with Crippen LogP contribution in [-0.2, 0) is 4.84 Å². The van der Waals surface area contributed by atoms with Crippen molar-refractivity contribution in [2.75, 3.05) is 6.61 Å². The fourth-order valence-electron chi connectivity index (χ4n) is 2.34. The van der Waals surface area contributed by atoms with Crippen LogP contribution in [0.15, 0.2) is 23.4 Å². The van der Waals surface area contributed by atoms with Crippen LogP contribution in [0.3, 0.4) is 0 Å². The summed E-state index contributed by atoms with van der Waals surface area (Å²) >= 11 is 0. The maximum Gasteiger partial charge on any atom is 0.114 e. The van der Waals surface area contributed by atoms with E-state index in [9.17, 15) is 0 Å². The first kappa shape index (κ1) is 16.7. The summed E-state index contributed by atoms with van der Waals surface area (Å²) in [4.78, 5) is 5.34. The Balaban J connectivity index is 3.02. The lowest BCUT2D eigenvalue weighted by atomic mass is 9.88. The summed E-state index contributed by atoms with van der Waals surface area (Å²) in [5, 5.41) is 4.39. The van der Waals surface area contributed by atoms with Crippen LogP contribution in [0, 0.1) is 25.7 Å². The van der Waals surface area contributed by atoms with Crippen LogP contribution in [0.4, 0.5) is 0 Å². The minimum atomic E-state index is 0.415. The molecular weight excluding hydrogens is 246 g/mol. The number of aryl methyl sites for hydroxylation is 2. The summed E-state index contributed by atoms with van der Waals surface area (Å²) in [7, 11) is 0. The van der Waals surface area contributed by atoms with Gasteiger partial charge in [-0.1, -0.05) is 44.5 Å². The molecule has 0 heterocycles. The van der Waals surface area contributed by atoms with Gasteiger partial charge in [0.1, 0.15) is 6.61 Å². The summed E-state index contributed by atoms with van der Waals surface area (Å²) in [6.07, 6.45) is 2.36. The zero-order valence-electron chi connectivity index (χ0n) is 13.9. The molecule has 0 aliphatic heterocycles. The summed E-state index contributed by atoms with van der Waals surface area (Å²) in [5.41, 5.74) is 4.90. The zero-order chi connectivity index (χ0) is 15.1. The number of hydrogen-bond donors (Lipinski definition) is 0. The molecule has 0 aliphatic rings. The molecule has 0 spiro atoms. The maximum absolute atomic E-state index is 5.34. The Morgan fingerprint density at radius 1 is 1.15 bits per heavy atom. The molecule has 0 amide bonds. The maximum atomic E-state index is 5.34. The summed E-state index contributed by atoms with van der Waals surface area (Å²) < 4.78 is 0. The first-order valence-electron chi connectivity index (χ1n) is 7.77. The van der Waals surface area contributed by atoms with E-state index in [1.54, 1.807) is 0 Å². The van der Waals surface area contributed by atoms with Gasteiger partial charge in [-0.25, -0.2) is 0 Å². The number of benzene rings is 1. The third kappa shape index (κ3) is 4.66. The quantitative estimate of drug-likeness (QED) is 0.500. The van der Waals surface area contributed by atoms with Crippen molar-refractivity contribution < 1.29 is 4.84 Å². The van der Waals surface area contributed by atoms with Gasteiger partial charge in [0.25, 0.3) is 0 Å². The third-order valence-corrected chi connectivity index (χ3v) is 4.01. The normalized spacial score (nSPS) is 15.0. The molecule has 1 rings (SSSR count). The van der Waals surface area contributed by atoms with E-state index in [0.717, 1.165) is 12.1 Å². The molecule has 1 aromatic carbocycles. The molecule has 0 aromatic heterocycles. The Bertz CT molecular complexity index is 451. The van der Waals surface area contributed by atoms with Crippen LogP contribution >= 0.6 is 0 Å². The molecule has 0 fully saturated rings. The Labute approximate surface area is 124 Å². The number of rotatable bonds is 7. The highest BCUT2D eigenvalue weighted by Gasteiger charge is 2.17. The summed E-state index contributed by atoms with van der Waals surface area (Å²) in [5.74, 6) is 1.13. The fourth-order valence-corrected chi connectivity index (χ4v) is 2.34. The van der Waals surface area contributed by atoms with Crippen LogP contribution in [0.2, 0.25) is 0 Å². The Morgan fingerprint density at radius 2 is 1.85 bits per heavy atom. The van der Waals surface area contributed by atoms with Crippen LogP contribution in [0.1, 0.15) is 57.2 Å². The molecule has 2 unspecified atom stereocenters. The Hall–Kier alpha value is -1.31. The second kappa shape index (κ2) is 8.08. The van der Waals surface area contributed by atoms with Gasteiger partial charge < -0.3 is 4.84 Å². The number of oxime groups is 1. The second-order valence-electron chi connectivity index (χ2n) is 5.84. The fraction of sp³-hybridized carbons (Fsp3) is 0.611. The van der Waals surface area contributed by atoms with E-state index in [0.29, 0.717) is 18.4 Å². The van der Waals surface area contributed by atoms with Crippen LogP contribution < -0.4 is 0 Å². The molecule has 0 saturated heterocycles. The zero-order valence-corrected chi connectivity index (χ0v) is 13.9. The molecule has 20 heavy (non-hydrogen) atoms. The molecule has 0 bridgehead atoms. The molecule has 112 valence electrons. The van der Waals surface area contributed by atoms with E-state index in [2.05, 4.69) is 58.0 Å². The van der Waals surface area contributed by atoms with E-state index in [4.69, 9.17) is 4.84 Å². The van der Waals surface area contributed by atoms with E-state index >= 15 is 0 Å². The van der Waals surface area contributed by atoms with Gasteiger partial charge in [0.05, 0.1) is 5.71 Å². The van der Waals surface area contributed by atoms with Crippen molar-refractivity contribution in [1.29, 1.82) is 0 Å². The molecule has 2 heteroatoms. The van der Waals surface area contributed by atoms with Gasteiger partial charge in [0.2, 0.25) is 0 Å². The van der Waals surface area contributed by atoms with Gasteiger partial charge in [-0.2, -0.15) is 0 Å². The molecule has 1 aromatic rings. The van der Waals surface area contributed by atoms with Crippen LogP contribution in [-0.4, -0.2) is 12.3 Å². The second-order valence-corrected chi connectivity index (χ2v) is 5.84. The van der Waals surface area contributed by atoms with Crippen molar-refractivity contribution in [3.63, 3.8) is 0 Å². The lowest BCUT2D eigenvalue weighted by Gasteiger charge is -2.18. The van der Waals surface area contributed by atoms with Crippen molar-refractivity contribution in [1.82, 2.24) is 0 Å². The van der Waals surface area contributed by atoms with Crippen molar-refractivity contribution >= 4 is 5.71 Å². The molecule has 0 radical (unpaired) electrons. The highest BCUT2D eigenvalue weighted by Crippen LogP contribution is 2.21. The summed E-state index contributed by atoms with van der Waals surface area (Å²) in [6, 6.07) is 6.55. The first-order valence-corrected chi connectivity index (χ1v) is 7.77. The molecule has 0 N–H and O–H groups in total. The topological polar surface area (TPSA) is 21.6 Å². The third-order valence-electron chi connectivity index (χ3n) is 4.01. The van der Waals surface area contributed by atoms with Gasteiger partial charge in [0, 0.05) is 5.92 Å². The van der Waals surface area contributed by atoms with Crippen molar-refractivity contribution in [3.05, 3.63) is 34.9 Å².